The van der Waals surface area contributed by atoms with Gasteiger partial charge >= 0.3 is 5.97 Å². The van der Waals surface area contributed by atoms with Crippen LogP contribution >= 0.6 is 11.3 Å². The number of ether oxygens (including phenoxy) is 2. The van der Waals surface area contributed by atoms with Crippen LogP contribution in [0.2, 0.25) is 0 Å². The highest BCUT2D eigenvalue weighted by molar-refractivity contribution is 7.22. The molecule has 1 amide bonds. The van der Waals surface area contributed by atoms with Gasteiger partial charge < -0.3 is 9.47 Å². The van der Waals surface area contributed by atoms with E-state index in [4.69, 9.17) is 9.47 Å². The van der Waals surface area contributed by atoms with Crippen LogP contribution in [0.25, 0.3) is 10.2 Å². The summed E-state index contributed by atoms with van der Waals surface area (Å²) < 4.78 is 11.3. The van der Waals surface area contributed by atoms with E-state index in [-0.39, 0.29) is 5.91 Å². The molecule has 3 rings (SSSR count). The molecule has 0 unspecified atom stereocenters. The van der Waals surface area contributed by atoms with Crippen LogP contribution in [-0.2, 0) is 4.79 Å². The molecule has 6 nitrogen and oxygen atoms in total. The van der Waals surface area contributed by atoms with E-state index in [0.29, 0.717) is 23.1 Å². The van der Waals surface area contributed by atoms with E-state index in [1.807, 2.05) is 25.1 Å². The van der Waals surface area contributed by atoms with E-state index in [0.717, 1.165) is 16.0 Å². The number of fused-ring (bicyclic) bond motifs is 1. The quantitative estimate of drug-likeness (QED) is 0.555. The predicted octanol–water partition coefficient (Wildman–Crippen LogP) is 3.87. The van der Waals surface area contributed by atoms with Crippen molar-refractivity contribution in [2.24, 2.45) is 0 Å². The number of carbonyl (C=O) groups excluding carboxylic acids is 2. The Labute approximate surface area is 148 Å². The molecule has 0 saturated heterocycles. The number of carbonyl (C=O) groups is 2. The monoisotopic (exact) mass is 356 g/mol. The summed E-state index contributed by atoms with van der Waals surface area (Å²) in [4.78, 5) is 27.6. The number of hydrogen-bond acceptors (Lipinski definition) is 6. The molecule has 0 aliphatic rings. The van der Waals surface area contributed by atoms with Gasteiger partial charge in [0.25, 0.3) is 5.91 Å². The zero-order valence-electron chi connectivity index (χ0n) is 13.7. The molecule has 7 heteroatoms. The number of nitrogens with one attached hydrogen (secondary N) is 1. The lowest BCUT2D eigenvalue weighted by atomic mass is 10.2. The van der Waals surface area contributed by atoms with E-state index >= 15 is 0 Å². The lowest BCUT2D eigenvalue weighted by Crippen LogP contribution is -2.11. The largest absolute Gasteiger partial charge is 0.494 e. The van der Waals surface area contributed by atoms with Crippen LogP contribution in [0.1, 0.15) is 24.2 Å². The summed E-state index contributed by atoms with van der Waals surface area (Å²) in [6.07, 6.45) is 0. The van der Waals surface area contributed by atoms with Crippen molar-refractivity contribution in [2.75, 3.05) is 11.9 Å². The van der Waals surface area contributed by atoms with Gasteiger partial charge in [0.15, 0.2) is 5.13 Å². The summed E-state index contributed by atoms with van der Waals surface area (Å²) in [5.41, 5.74) is 1.25. The van der Waals surface area contributed by atoms with Gasteiger partial charge in [-0.25, -0.2) is 4.98 Å². The topological polar surface area (TPSA) is 77.5 Å². The predicted molar refractivity (Wildman–Crippen MR) is 96.5 cm³/mol. The van der Waals surface area contributed by atoms with Gasteiger partial charge in [-0.05, 0) is 49.4 Å². The fourth-order valence-electron chi connectivity index (χ4n) is 2.22. The molecule has 0 aliphatic carbocycles. The Bertz CT molecular complexity index is 918. The molecular weight excluding hydrogens is 340 g/mol. The summed E-state index contributed by atoms with van der Waals surface area (Å²) in [5.74, 6) is 0.488. The minimum absolute atomic E-state index is 0.279. The first-order chi connectivity index (χ1) is 12.0. The maximum atomic E-state index is 12.3. The third-order valence-electron chi connectivity index (χ3n) is 3.27. The Balaban J connectivity index is 1.73. The number of esters is 1. The highest BCUT2D eigenvalue weighted by Gasteiger charge is 2.11. The van der Waals surface area contributed by atoms with Gasteiger partial charge in [0.2, 0.25) is 0 Å². The molecule has 1 heterocycles. The number of anilines is 1. The van der Waals surface area contributed by atoms with Gasteiger partial charge in [0.05, 0.1) is 16.8 Å². The molecular formula is C18H16N2O4S. The summed E-state index contributed by atoms with van der Waals surface area (Å²) >= 11 is 1.38. The van der Waals surface area contributed by atoms with Gasteiger partial charge in [-0.3, -0.25) is 14.9 Å². The maximum absolute atomic E-state index is 12.3. The molecule has 0 bridgehead atoms. The molecule has 0 saturated carbocycles. The van der Waals surface area contributed by atoms with Crippen LogP contribution in [0.5, 0.6) is 11.5 Å². The second-order valence-corrected chi connectivity index (χ2v) is 6.18. The highest BCUT2D eigenvalue weighted by atomic mass is 32.1. The molecule has 0 atom stereocenters. The van der Waals surface area contributed by atoms with Gasteiger partial charge in [-0.1, -0.05) is 11.3 Å². The number of nitrogens with zero attached hydrogens (tertiary/aromatic N) is 1. The zero-order chi connectivity index (χ0) is 17.8. The minimum Gasteiger partial charge on any atom is -0.494 e. The third kappa shape index (κ3) is 4.13. The summed E-state index contributed by atoms with van der Waals surface area (Å²) in [6.45, 7) is 3.84. The van der Waals surface area contributed by atoms with Crippen molar-refractivity contribution in [2.45, 2.75) is 13.8 Å². The Morgan fingerprint density at radius 2 is 1.84 bits per heavy atom. The average Bonchev–Trinajstić information content (AvgIpc) is 2.96. The number of hydrogen-bond donors (Lipinski definition) is 1. The first kappa shape index (κ1) is 16.9. The molecule has 0 aliphatic heterocycles. The van der Waals surface area contributed by atoms with E-state index < -0.39 is 5.97 Å². The number of thiazole rings is 1. The van der Waals surface area contributed by atoms with E-state index in [1.54, 1.807) is 24.3 Å². The van der Waals surface area contributed by atoms with Crippen LogP contribution in [0.15, 0.2) is 42.5 Å². The molecule has 2 aromatic carbocycles. The van der Waals surface area contributed by atoms with Crippen molar-refractivity contribution < 1.29 is 19.1 Å². The van der Waals surface area contributed by atoms with Crippen molar-refractivity contribution >= 4 is 38.6 Å². The highest BCUT2D eigenvalue weighted by Crippen LogP contribution is 2.29. The molecule has 25 heavy (non-hydrogen) atoms. The number of benzene rings is 2. The van der Waals surface area contributed by atoms with Crippen molar-refractivity contribution in [3.8, 4) is 11.5 Å². The minimum atomic E-state index is -0.405. The smallest absolute Gasteiger partial charge is 0.308 e. The first-order valence-electron chi connectivity index (χ1n) is 7.68. The maximum Gasteiger partial charge on any atom is 0.308 e. The average molecular weight is 356 g/mol. The molecule has 0 fully saturated rings. The fourth-order valence-corrected chi connectivity index (χ4v) is 3.11. The third-order valence-corrected chi connectivity index (χ3v) is 4.20. The van der Waals surface area contributed by atoms with Gasteiger partial charge in [-0.15, -0.1) is 0 Å². The van der Waals surface area contributed by atoms with Crippen molar-refractivity contribution in [1.82, 2.24) is 4.98 Å². The van der Waals surface area contributed by atoms with Crippen LogP contribution < -0.4 is 14.8 Å². The lowest BCUT2D eigenvalue weighted by molar-refractivity contribution is -0.131. The molecule has 0 spiro atoms. The second kappa shape index (κ2) is 7.31. The van der Waals surface area contributed by atoms with Crippen LogP contribution in [0.4, 0.5) is 5.13 Å². The second-order valence-electron chi connectivity index (χ2n) is 5.15. The number of aromatic nitrogens is 1. The van der Waals surface area contributed by atoms with Crippen molar-refractivity contribution in [1.29, 1.82) is 0 Å². The van der Waals surface area contributed by atoms with Gasteiger partial charge in [0, 0.05) is 12.5 Å². The van der Waals surface area contributed by atoms with E-state index in [1.165, 1.54) is 18.3 Å². The summed E-state index contributed by atoms with van der Waals surface area (Å²) in [5, 5.41) is 3.29. The molecule has 128 valence electrons. The zero-order valence-corrected chi connectivity index (χ0v) is 14.6. The van der Waals surface area contributed by atoms with Crippen LogP contribution in [-0.4, -0.2) is 23.5 Å². The van der Waals surface area contributed by atoms with Crippen molar-refractivity contribution in [3.63, 3.8) is 0 Å². The van der Waals surface area contributed by atoms with E-state index in [9.17, 15) is 9.59 Å². The van der Waals surface area contributed by atoms with Gasteiger partial charge in [-0.2, -0.15) is 0 Å². The molecule has 1 aromatic heterocycles. The van der Waals surface area contributed by atoms with Crippen molar-refractivity contribution in [3.05, 3.63) is 48.0 Å². The van der Waals surface area contributed by atoms with Gasteiger partial charge in [0.1, 0.15) is 11.5 Å². The molecule has 0 radical (unpaired) electrons. The summed E-state index contributed by atoms with van der Waals surface area (Å²) in [7, 11) is 0. The molecule has 1 N–H and O–H groups in total. The normalized spacial score (nSPS) is 10.5. The Morgan fingerprint density at radius 3 is 2.52 bits per heavy atom. The fraction of sp³-hybridized carbons (Fsp3) is 0.167. The SMILES string of the molecule is CCOc1ccc2nc(NC(=O)c3ccc(OC(C)=O)cc3)sc2c1. The van der Waals surface area contributed by atoms with E-state index in [2.05, 4.69) is 10.3 Å². The van der Waals surface area contributed by atoms with Crippen LogP contribution in [0, 0.1) is 0 Å². The Kier molecular flexibility index (Phi) is 4.95. The Hall–Kier alpha value is -2.93. The lowest BCUT2D eigenvalue weighted by Gasteiger charge is -2.03. The molecule has 3 aromatic rings. The summed E-state index contributed by atoms with van der Waals surface area (Å²) in [6, 6.07) is 11.9. The number of amides is 1. The Morgan fingerprint density at radius 1 is 1.12 bits per heavy atom. The standard InChI is InChI=1S/C18H16N2O4S/c1-3-23-14-8-9-15-16(10-14)25-18(19-15)20-17(22)12-4-6-13(7-5-12)24-11(2)21/h4-10H,3H2,1-2H3,(H,19,20,22). The number of rotatable bonds is 5. The van der Waals surface area contributed by atoms with Crippen LogP contribution in [0.3, 0.4) is 0 Å². The first-order valence-corrected chi connectivity index (χ1v) is 8.50.